The minimum atomic E-state index is -0.734. The highest BCUT2D eigenvalue weighted by molar-refractivity contribution is 7.22. The summed E-state index contributed by atoms with van der Waals surface area (Å²) >= 11 is 2.77. The van der Waals surface area contributed by atoms with Gasteiger partial charge in [0.1, 0.15) is 11.8 Å². The first-order valence-corrected chi connectivity index (χ1v) is 8.11. The fourth-order valence-corrected chi connectivity index (χ4v) is 4.30. The summed E-state index contributed by atoms with van der Waals surface area (Å²) in [6.07, 6.45) is 0. The lowest BCUT2D eigenvalue weighted by Crippen LogP contribution is -2.03. The van der Waals surface area contributed by atoms with Crippen LogP contribution in [0.3, 0.4) is 0 Å². The van der Waals surface area contributed by atoms with Crippen LogP contribution >= 0.6 is 22.7 Å². The Morgan fingerprint density at radius 1 is 0.864 bits per heavy atom. The predicted octanol–water partition coefficient (Wildman–Crippen LogP) is 3.87. The highest BCUT2D eigenvalue weighted by Gasteiger charge is 2.21. The van der Waals surface area contributed by atoms with Gasteiger partial charge in [0.2, 0.25) is 0 Å². The van der Waals surface area contributed by atoms with Crippen molar-refractivity contribution in [3.63, 3.8) is 0 Å². The number of Topliss-reactive ketones (excluding diaryl/α,β-unsaturated/α-hetero) is 2. The van der Waals surface area contributed by atoms with Crippen LogP contribution in [0.5, 0.6) is 0 Å². The van der Waals surface area contributed by atoms with E-state index in [0.29, 0.717) is 9.75 Å². The Bertz CT molecular complexity index is 736. The van der Waals surface area contributed by atoms with Gasteiger partial charge >= 0.3 is 0 Å². The van der Waals surface area contributed by atoms with Gasteiger partial charge in [-0.3, -0.25) is 9.59 Å². The van der Waals surface area contributed by atoms with E-state index in [1.807, 2.05) is 24.3 Å². The zero-order valence-corrected chi connectivity index (χ0v) is 13.6. The highest BCUT2D eigenvalue weighted by Crippen LogP contribution is 2.38. The molecule has 0 N–H and O–H groups in total. The molecule has 2 rings (SSSR count). The Morgan fingerprint density at radius 2 is 1.23 bits per heavy atom. The van der Waals surface area contributed by atoms with E-state index < -0.39 is 11.8 Å². The number of hydrogen-bond acceptors (Lipinski definition) is 6. The highest BCUT2D eigenvalue weighted by atomic mass is 32.1. The van der Waals surface area contributed by atoms with Gasteiger partial charge in [-0.2, -0.15) is 10.5 Å². The Labute approximate surface area is 136 Å². The summed E-state index contributed by atoms with van der Waals surface area (Å²) in [7, 11) is 0. The third kappa shape index (κ3) is 3.14. The molecular formula is C16H12N2O2S2. The topological polar surface area (TPSA) is 81.7 Å². The molecule has 4 nitrogen and oxygen atoms in total. The molecule has 2 atom stereocenters. The Morgan fingerprint density at radius 3 is 1.50 bits per heavy atom. The Kier molecular flexibility index (Phi) is 4.87. The van der Waals surface area contributed by atoms with Crippen LogP contribution in [0, 0.1) is 22.7 Å². The SMILES string of the molecule is CC(=O)C(C#N)c1ccc(-c2ccc(C(C#N)C(C)=O)s2)s1. The summed E-state index contributed by atoms with van der Waals surface area (Å²) in [5.74, 6) is -1.82. The molecule has 0 amide bonds. The fraction of sp³-hybridized carbons (Fsp3) is 0.250. The van der Waals surface area contributed by atoms with Gasteiger partial charge in [-0.1, -0.05) is 0 Å². The molecule has 0 radical (unpaired) electrons. The minimum absolute atomic E-state index is 0.177. The molecule has 0 saturated carbocycles. The Hall–Kier alpha value is -2.28. The van der Waals surface area contributed by atoms with Gasteiger partial charge in [0.15, 0.2) is 11.6 Å². The van der Waals surface area contributed by atoms with Crippen molar-refractivity contribution in [2.24, 2.45) is 0 Å². The first kappa shape index (κ1) is 16.1. The monoisotopic (exact) mass is 328 g/mol. The van der Waals surface area contributed by atoms with Crippen molar-refractivity contribution in [3.8, 4) is 21.9 Å². The van der Waals surface area contributed by atoms with Gasteiger partial charge in [-0.15, -0.1) is 22.7 Å². The van der Waals surface area contributed by atoms with Gasteiger partial charge in [0.05, 0.1) is 12.1 Å². The van der Waals surface area contributed by atoms with Crippen molar-refractivity contribution in [1.29, 1.82) is 10.5 Å². The maximum absolute atomic E-state index is 11.4. The zero-order chi connectivity index (χ0) is 16.3. The molecule has 0 fully saturated rings. The molecule has 0 aromatic carbocycles. The quantitative estimate of drug-likeness (QED) is 0.834. The number of thiophene rings is 2. The van der Waals surface area contributed by atoms with Gasteiger partial charge in [-0.05, 0) is 38.1 Å². The molecule has 0 aliphatic carbocycles. The largest absolute Gasteiger partial charge is 0.298 e. The molecule has 0 aliphatic rings. The zero-order valence-electron chi connectivity index (χ0n) is 12.0. The van der Waals surface area contributed by atoms with Crippen molar-refractivity contribution in [2.75, 3.05) is 0 Å². The molecular weight excluding hydrogens is 316 g/mol. The smallest absolute Gasteiger partial charge is 0.152 e. The summed E-state index contributed by atoms with van der Waals surface area (Å²) < 4.78 is 0. The molecule has 2 heterocycles. The molecule has 22 heavy (non-hydrogen) atoms. The van der Waals surface area contributed by atoms with Gasteiger partial charge in [-0.25, -0.2) is 0 Å². The predicted molar refractivity (Wildman–Crippen MR) is 85.7 cm³/mol. The van der Waals surface area contributed by atoms with Crippen LogP contribution in [0.2, 0.25) is 0 Å². The number of nitriles is 2. The van der Waals surface area contributed by atoms with Crippen LogP contribution in [-0.4, -0.2) is 11.6 Å². The standard InChI is InChI=1S/C16H12N2O2S2/c1-9(19)11(7-17)13-3-5-15(21-13)16-6-4-14(22-16)12(8-18)10(2)20/h3-6,11-12H,1-2H3. The third-order valence-corrected chi connectivity index (χ3v) is 5.63. The average molecular weight is 328 g/mol. The van der Waals surface area contributed by atoms with E-state index in [1.54, 1.807) is 12.1 Å². The van der Waals surface area contributed by atoms with E-state index in [0.717, 1.165) is 9.75 Å². The number of carbonyl (C=O) groups excluding carboxylic acids is 2. The van der Waals surface area contributed by atoms with Crippen molar-refractivity contribution < 1.29 is 9.59 Å². The maximum atomic E-state index is 11.4. The maximum Gasteiger partial charge on any atom is 0.152 e. The molecule has 2 unspecified atom stereocenters. The number of ketones is 2. The van der Waals surface area contributed by atoms with Gasteiger partial charge in [0.25, 0.3) is 0 Å². The number of hydrogen-bond donors (Lipinski definition) is 0. The second-order valence-corrected chi connectivity index (χ2v) is 6.98. The van der Waals surface area contributed by atoms with Crippen LogP contribution < -0.4 is 0 Å². The second kappa shape index (κ2) is 6.65. The first-order valence-electron chi connectivity index (χ1n) is 6.48. The van der Waals surface area contributed by atoms with Crippen LogP contribution in [-0.2, 0) is 9.59 Å². The second-order valence-electron chi connectivity index (χ2n) is 4.75. The lowest BCUT2D eigenvalue weighted by atomic mass is 10.1. The molecule has 2 aromatic rings. The number of nitrogens with zero attached hydrogens (tertiary/aromatic N) is 2. The normalized spacial score (nSPS) is 12.9. The van der Waals surface area contributed by atoms with Crippen LogP contribution in [0.25, 0.3) is 9.75 Å². The Balaban J connectivity index is 2.32. The first-order chi connectivity index (χ1) is 10.5. The van der Waals surface area contributed by atoms with E-state index in [1.165, 1.54) is 36.5 Å². The minimum Gasteiger partial charge on any atom is -0.298 e. The van der Waals surface area contributed by atoms with Crippen LogP contribution in [0.4, 0.5) is 0 Å². The molecule has 110 valence electrons. The molecule has 0 spiro atoms. The molecule has 0 aliphatic heterocycles. The molecule has 2 aromatic heterocycles. The van der Waals surface area contributed by atoms with Gasteiger partial charge < -0.3 is 0 Å². The van der Waals surface area contributed by atoms with Crippen LogP contribution in [0.1, 0.15) is 35.4 Å². The van der Waals surface area contributed by atoms with E-state index in [-0.39, 0.29) is 11.6 Å². The van der Waals surface area contributed by atoms with Crippen molar-refractivity contribution in [1.82, 2.24) is 0 Å². The van der Waals surface area contributed by atoms with E-state index in [2.05, 4.69) is 0 Å². The third-order valence-electron chi connectivity index (χ3n) is 3.14. The summed E-state index contributed by atoms with van der Waals surface area (Å²) in [5, 5.41) is 18.1. The number of rotatable bonds is 5. The van der Waals surface area contributed by atoms with Crippen molar-refractivity contribution >= 4 is 34.2 Å². The van der Waals surface area contributed by atoms with Gasteiger partial charge in [0, 0.05) is 19.5 Å². The van der Waals surface area contributed by atoms with Crippen LogP contribution in [0.15, 0.2) is 24.3 Å². The van der Waals surface area contributed by atoms with Crippen molar-refractivity contribution in [2.45, 2.75) is 25.7 Å². The lowest BCUT2D eigenvalue weighted by Gasteiger charge is -2.00. The summed E-state index contributed by atoms with van der Waals surface area (Å²) in [6.45, 7) is 2.81. The van der Waals surface area contributed by atoms with Crippen molar-refractivity contribution in [3.05, 3.63) is 34.0 Å². The van der Waals surface area contributed by atoms with E-state index >= 15 is 0 Å². The average Bonchev–Trinajstić information content (AvgIpc) is 3.08. The lowest BCUT2D eigenvalue weighted by molar-refractivity contribution is -0.118. The van der Waals surface area contributed by atoms with E-state index in [4.69, 9.17) is 10.5 Å². The number of carbonyl (C=O) groups is 2. The fourth-order valence-electron chi connectivity index (χ4n) is 1.99. The molecule has 6 heteroatoms. The summed E-state index contributed by atoms with van der Waals surface area (Å²) in [6, 6.07) is 11.3. The van der Waals surface area contributed by atoms with E-state index in [9.17, 15) is 9.59 Å². The molecule has 0 saturated heterocycles. The summed E-state index contributed by atoms with van der Waals surface area (Å²) in [5.41, 5.74) is 0. The summed E-state index contributed by atoms with van der Waals surface area (Å²) in [4.78, 5) is 26.2. The molecule has 0 bridgehead atoms.